The molecule has 0 heterocycles. The van der Waals surface area contributed by atoms with Gasteiger partial charge in [-0.2, -0.15) is 0 Å². The van der Waals surface area contributed by atoms with Crippen molar-refractivity contribution >= 4 is 17.5 Å². The van der Waals surface area contributed by atoms with Crippen LogP contribution in [0.4, 0.5) is 5.69 Å². The van der Waals surface area contributed by atoms with Crippen LogP contribution < -0.4 is 10.6 Å². The van der Waals surface area contributed by atoms with Gasteiger partial charge in [0.1, 0.15) is 0 Å². The van der Waals surface area contributed by atoms with Gasteiger partial charge in [0, 0.05) is 17.2 Å². The zero-order valence-corrected chi connectivity index (χ0v) is 10.8. The highest BCUT2D eigenvalue weighted by Gasteiger charge is 2.38. The summed E-state index contributed by atoms with van der Waals surface area (Å²) in [4.78, 5) is 23.3. The standard InChI is InChI=1S/C15H16N2O2/c1-3-8-16-14(18)11-4-6-12(7-5-11)17-15(19)13-9-10(13)2/h1,4-7,10,13H,8-9H2,2H3,(H,16,18)(H,17,19). The Bertz CT molecular complexity index is 528. The molecule has 1 fully saturated rings. The fraction of sp³-hybridized carbons (Fsp3) is 0.333. The van der Waals surface area contributed by atoms with Crippen molar-refractivity contribution in [2.75, 3.05) is 11.9 Å². The second-order valence-electron chi connectivity index (χ2n) is 4.77. The molecule has 2 rings (SSSR count). The number of terminal acetylenes is 1. The summed E-state index contributed by atoms with van der Waals surface area (Å²) in [6, 6.07) is 6.76. The predicted molar refractivity (Wildman–Crippen MR) is 73.5 cm³/mol. The third-order valence-electron chi connectivity index (χ3n) is 3.21. The maximum Gasteiger partial charge on any atom is 0.252 e. The van der Waals surface area contributed by atoms with E-state index in [0.29, 0.717) is 17.2 Å². The topological polar surface area (TPSA) is 58.2 Å². The van der Waals surface area contributed by atoms with E-state index in [1.54, 1.807) is 24.3 Å². The molecule has 1 aliphatic rings. The van der Waals surface area contributed by atoms with Crippen molar-refractivity contribution in [2.45, 2.75) is 13.3 Å². The van der Waals surface area contributed by atoms with Crippen molar-refractivity contribution in [3.63, 3.8) is 0 Å². The molecule has 4 nitrogen and oxygen atoms in total. The molecule has 2 unspecified atom stereocenters. The van der Waals surface area contributed by atoms with Crippen molar-refractivity contribution in [1.29, 1.82) is 0 Å². The van der Waals surface area contributed by atoms with E-state index in [-0.39, 0.29) is 24.3 Å². The molecule has 98 valence electrons. The third kappa shape index (κ3) is 3.35. The zero-order valence-electron chi connectivity index (χ0n) is 10.8. The molecule has 2 amide bonds. The molecule has 0 aromatic heterocycles. The van der Waals surface area contributed by atoms with E-state index < -0.39 is 0 Å². The van der Waals surface area contributed by atoms with Gasteiger partial charge in [-0.1, -0.05) is 12.8 Å². The van der Waals surface area contributed by atoms with E-state index in [9.17, 15) is 9.59 Å². The number of hydrogen-bond acceptors (Lipinski definition) is 2. The van der Waals surface area contributed by atoms with Crippen LogP contribution in [0.2, 0.25) is 0 Å². The molecule has 0 aliphatic heterocycles. The van der Waals surface area contributed by atoms with E-state index in [1.807, 2.05) is 0 Å². The lowest BCUT2D eigenvalue weighted by Gasteiger charge is -2.06. The molecule has 1 saturated carbocycles. The van der Waals surface area contributed by atoms with Crippen LogP contribution in [0, 0.1) is 24.2 Å². The Morgan fingerprint density at radius 3 is 2.53 bits per heavy atom. The van der Waals surface area contributed by atoms with Crippen LogP contribution in [0.25, 0.3) is 0 Å². The van der Waals surface area contributed by atoms with Gasteiger partial charge in [-0.15, -0.1) is 6.42 Å². The number of anilines is 1. The molecular weight excluding hydrogens is 240 g/mol. The molecule has 0 bridgehead atoms. The monoisotopic (exact) mass is 256 g/mol. The van der Waals surface area contributed by atoms with Crippen LogP contribution >= 0.6 is 0 Å². The highest BCUT2D eigenvalue weighted by Crippen LogP contribution is 2.38. The summed E-state index contributed by atoms with van der Waals surface area (Å²) in [6.07, 6.45) is 6.02. The number of hydrogen-bond donors (Lipinski definition) is 2. The molecule has 4 heteroatoms. The maximum absolute atomic E-state index is 11.7. The maximum atomic E-state index is 11.7. The Labute approximate surface area is 112 Å². The van der Waals surface area contributed by atoms with Crippen molar-refractivity contribution in [1.82, 2.24) is 5.32 Å². The summed E-state index contributed by atoms with van der Waals surface area (Å²) in [5.41, 5.74) is 1.23. The van der Waals surface area contributed by atoms with E-state index >= 15 is 0 Å². The quantitative estimate of drug-likeness (QED) is 0.805. The fourth-order valence-electron chi connectivity index (χ4n) is 1.86. The first kappa shape index (κ1) is 13.2. The highest BCUT2D eigenvalue weighted by atomic mass is 16.2. The minimum atomic E-state index is -0.216. The smallest absolute Gasteiger partial charge is 0.252 e. The van der Waals surface area contributed by atoms with Gasteiger partial charge in [0.2, 0.25) is 5.91 Å². The van der Waals surface area contributed by atoms with Gasteiger partial charge in [0.25, 0.3) is 5.91 Å². The third-order valence-corrected chi connectivity index (χ3v) is 3.21. The van der Waals surface area contributed by atoms with Crippen molar-refractivity contribution in [3.05, 3.63) is 29.8 Å². The van der Waals surface area contributed by atoms with Crippen LogP contribution in [0.3, 0.4) is 0 Å². The number of carbonyl (C=O) groups excluding carboxylic acids is 2. The molecule has 2 atom stereocenters. The number of amides is 2. The van der Waals surface area contributed by atoms with Gasteiger partial charge in [-0.25, -0.2) is 0 Å². The Hall–Kier alpha value is -2.28. The van der Waals surface area contributed by atoms with Crippen LogP contribution in [0.5, 0.6) is 0 Å². The average Bonchev–Trinajstić information content (AvgIpc) is 3.14. The average molecular weight is 256 g/mol. The van der Waals surface area contributed by atoms with Crippen molar-refractivity contribution < 1.29 is 9.59 Å². The van der Waals surface area contributed by atoms with Gasteiger partial charge in [-0.3, -0.25) is 9.59 Å². The molecule has 1 aromatic carbocycles. The Kier molecular flexibility index (Phi) is 3.86. The summed E-state index contributed by atoms with van der Waals surface area (Å²) in [7, 11) is 0. The van der Waals surface area contributed by atoms with Crippen LogP contribution in [0.15, 0.2) is 24.3 Å². The molecule has 1 aliphatic carbocycles. The molecular formula is C15H16N2O2. The normalized spacial score (nSPS) is 20.2. The van der Waals surface area contributed by atoms with Crippen LogP contribution in [0.1, 0.15) is 23.7 Å². The molecule has 0 radical (unpaired) electrons. The highest BCUT2D eigenvalue weighted by molar-refractivity contribution is 5.97. The van der Waals surface area contributed by atoms with Crippen molar-refractivity contribution in [2.24, 2.45) is 11.8 Å². The summed E-state index contributed by atoms with van der Waals surface area (Å²) >= 11 is 0. The zero-order chi connectivity index (χ0) is 13.8. The molecule has 0 saturated heterocycles. The van der Waals surface area contributed by atoms with E-state index in [1.165, 1.54) is 0 Å². The predicted octanol–water partition coefficient (Wildman–Crippen LogP) is 1.64. The number of benzene rings is 1. The molecule has 2 N–H and O–H groups in total. The van der Waals surface area contributed by atoms with Gasteiger partial charge in [0.05, 0.1) is 6.54 Å². The van der Waals surface area contributed by atoms with Crippen molar-refractivity contribution in [3.8, 4) is 12.3 Å². The van der Waals surface area contributed by atoms with Crippen LogP contribution in [-0.2, 0) is 4.79 Å². The lowest BCUT2D eigenvalue weighted by molar-refractivity contribution is -0.117. The van der Waals surface area contributed by atoms with Gasteiger partial charge < -0.3 is 10.6 Å². The molecule has 19 heavy (non-hydrogen) atoms. The summed E-state index contributed by atoms with van der Waals surface area (Å²) in [6.45, 7) is 2.26. The molecule has 0 spiro atoms. The fourth-order valence-corrected chi connectivity index (χ4v) is 1.86. The lowest BCUT2D eigenvalue weighted by Crippen LogP contribution is -2.23. The number of rotatable bonds is 4. The summed E-state index contributed by atoms with van der Waals surface area (Å²) < 4.78 is 0. The number of nitrogens with one attached hydrogen (secondary N) is 2. The van der Waals surface area contributed by atoms with Gasteiger partial charge >= 0.3 is 0 Å². The van der Waals surface area contributed by atoms with Crippen LogP contribution in [-0.4, -0.2) is 18.4 Å². The first-order valence-corrected chi connectivity index (χ1v) is 6.24. The SMILES string of the molecule is C#CCNC(=O)c1ccc(NC(=O)C2CC2C)cc1. The van der Waals surface area contributed by atoms with Gasteiger partial charge in [0.15, 0.2) is 0 Å². The first-order chi connectivity index (χ1) is 9.11. The molecule has 1 aromatic rings. The minimum Gasteiger partial charge on any atom is -0.341 e. The van der Waals surface area contributed by atoms with E-state index in [0.717, 1.165) is 6.42 Å². The summed E-state index contributed by atoms with van der Waals surface area (Å²) in [5, 5.41) is 5.42. The second kappa shape index (κ2) is 5.57. The number of carbonyl (C=O) groups is 2. The lowest BCUT2D eigenvalue weighted by atomic mass is 10.2. The largest absolute Gasteiger partial charge is 0.341 e. The second-order valence-corrected chi connectivity index (χ2v) is 4.77. The summed E-state index contributed by atoms with van der Waals surface area (Å²) in [5.74, 6) is 2.80. The first-order valence-electron chi connectivity index (χ1n) is 6.24. The Balaban J connectivity index is 1.93. The minimum absolute atomic E-state index is 0.0528. The van der Waals surface area contributed by atoms with E-state index in [2.05, 4.69) is 23.5 Å². The Morgan fingerprint density at radius 1 is 1.37 bits per heavy atom. The van der Waals surface area contributed by atoms with E-state index in [4.69, 9.17) is 6.42 Å². The Morgan fingerprint density at radius 2 is 2.00 bits per heavy atom. The van der Waals surface area contributed by atoms with Gasteiger partial charge in [-0.05, 0) is 36.6 Å².